The van der Waals surface area contributed by atoms with Gasteiger partial charge in [0.2, 0.25) is 5.91 Å². The molecule has 1 atom stereocenters. The molecule has 0 saturated carbocycles. The Morgan fingerprint density at radius 1 is 1.14 bits per heavy atom. The Morgan fingerprint density at radius 2 is 1.77 bits per heavy atom. The van der Waals surface area contributed by atoms with Crippen LogP contribution in [0, 0.1) is 0 Å². The van der Waals surface area contributed by atoms with E-state index in [2.05, 4.69) is 21.2 Å². The molecule has 0 aliphatic rings. The summed E-state index contributed by atoms with van der Waals surface area (Å²) in [7, 11) is 0. The molecule has 2 aromatic rings. The molecule has 2 rings (SSSR count). The molecular weight excluding hydrogens is 359 g/mol. The number of anilines is 1. The van der Waals surface area contributed by atoms with E-state index in [-0.39, 0.29) is 16.1 Å². The summed E-state index contributed by atoms with van der Waals surface area (Å²) in [6.07, 6.45) is -4.48. The van der Waals surface area contributed by atoms with Crippen LogP contribution in [0.4, 0.5) is 18.9 Å². The van der Waals surface area contributed by atoms with Crippen molar-refractivity contribution in [2.45, 2.75) is 19.0 Å². The van der Waals surface area contributed by atoms with E-state index in [9.17, 15) is 18.0 Å². The lowest BCUT2D eigenvalue weighted by atomic mass is 10.0. The first-order valence-electron chi connectivity index (χ1n) is 6.51. The molecule has 0 bridgehead atoms. The molecule has 0 aliphatic carbocycles. The second-order valence-corrected chi connectivity index (χ2v) is 5.67. The van der Waals surface area contributed by atoms with Gasteiger partial charge in [-0.2, -0.15) is 13.2 Å². The van der Waals surface area contributed by atoms with E-state index in [1.807, 2.05) is 6.07 Å². The van der Waals surface area contributed by atoms with Gasteiger partial charge in [-0.25, -0.2) is 0 Å². The van der Waals surface area contributed by atoms with Gasteiger partial charge >= 0.3 is 6.18 Å². The summed E-state index contributed by atoms with van der Waals surface area (Å²) < 4.78 is 38.5. The molecular formula is C16H13BrF3NO. The van der Waals surface area contributed by atoms with Crippen LogP contribution < -0.4 is 5.32 Å². The van der Waals surface area contributed by atoms with Crippen LogP contribution in [-0.4, -0.2) is 5.91 Å². The quantitative estimate of drug-likeness (QED) is 0.788. The summed E-state index contributed by atoms with van der Waals surface area (Å²) in [4.78, 5) is 12.2. The Balaban J connectivity index is 2.19. The van der Waals surface area contributed by atoms with Crippen molar-refractivity contribution >= 4 is 27.5 Å². The first-order chi connectivity index (χ1) is 10.3. The molecule has 0 spiro atoms. The topological polar surface area (TPSA) is 29.1 Å². The molecule has 1 N–H and O–H groups in total. The molecule has 0 heterocycles. The van der Waals surface area contributed by atoms with Crippen molar-refractivity contribution in [3.63, 3.8) is 0 Å². The van der Waals surface area contributed by atoms with Crippen LogP contribution in [0.15, 0.2) is 53.0 Å². The van der Waals surface area contributed by atoms with E-state index in [0.29, 0.717) is 0 Å². The fourth-order valence-electron chi connectivity index (χ4n) is 1.96. The number of amides is 1. The van der Waals surface area contributed by atoms with Gasteiger partial charge in [0.05, 0.1) is 11.5 Å². The summed E-state index contributed by atoms with van der Waals surface area (Å²) in [5.74, 6) is -0.819. The molecule has 116 valence electrons. The monoisotopic (exact) mass is 371 g/mol. The number of carbonyl (C=O) groups excluding carboxylic acids is 1. The maximum Gasteiger partial charge on any atom is 0.417 e. The number of hydrogen-bond acceptors (Lipinski definition) is 1. The van der Waals surface area contributed by atoms with Gasteiger partial charge in [-0.1, -0.05) is 46.3 Å². The van der Waals surface area contributed by atoms with E-state index in [1.165, 1.54) is 12.1 Å². The molecule has 0 fully saturated rings. The van der Waals surface area contributed by atoms with Gasteiger partial charge in [-0.15, -0.1) is 0 Å². The zero-order chi connectivity index (χ0) is 16.3. The predicted octanol–water partition coefficient (Wildman–Crippen LogP) is 5.21. The van der Waals surface area contributed by atoms with Crippen molar-refractivity contribution in [2.75, 3.05) is 5.32 Å². The molecule has 0 saturated heterocycles. The Bertz CT molecular complexity index is 671. The van der Waals surface area contributed by atoms with Gasteiger partial charge < -0.3 is 5.32 Å². The number of nitrogens with one attached hydrogen (secondary N) is 1. The lowest BCUT2D eigenvalue weighted by Gasteiger charge is -2.15. The van der Waals surface area contributed by atoms with Crippen molar-refractivity contribution in [1.29, 1.82) is 0 Å². The maximum absolute atomic E-state index is 12.8. The maximum atomic E-state index is 12.8. The minimum Gasteiger partial charge on any atom is -0.326 e. The number of alkyl halides is 3. The van der Waals surface area contributed by atoms with Gasteiger partial charge in [0.15, 0.2) is 0 Å². The van der Waals surface area contributed by atoms with Gasteiger partial charge in [0, 0.05) is 10.2 Å². The van der Waals surface area contributed by atoms with Gasteiger partial charge in [0.1, 0.15) is 0 Å². The summed E-state index contributed by atoms with van der Waals surface area (Å²) in [5.41, 5.74) is 0.0918. The predicted molar refractivity (Wildman–Crippen MR) is 82.6 cm³/mol. The summed E-state index contributed by atoms with van der Waals surface area (Å²) >= 11 is 2.87. The lowest BCUT2D eigenvalue weighted by molar-refractivity contribution is -0.138. The van der Waals surface area contributed by atoms with Crippen LogP contribution in [-0.2, 0) is 11.0 Å². The van der Waals surface area contributed by atoms with Gasteiger partial charge in [-0.05, 0) is 30.7 Å². The third kappa shape index (κ3) is 3.88. The lowest BCUT2D eigenvalue weighted by Crippen LogP contribution is -2.19. The van der Waals surface area contributed by atoms with Crippen LogP contribution >= 0.6 is 15.9 Å². The molecule has 0 radical (unpaired) electrons. The largest absolute Gasteiger partial charge is 0.417 e. The van der Waals surface area contributed by atoms with Crippen LogP contribution in [0.25, 0.3) is 0 Å². The normalized spacial score (nSPS) is 12.8. The SMILES string of the molecule is C[C@@H](C(=O)Nc1ccc(Br)c(C(F)(F)F)c1)c1ccccc1. The van der Waals surface area contributed by atoms with Crippen molar-refractivity contribution in [1.82, 2.24) is 0 Å². The number of carbonyl (C=O) groups is 1. The average Bonchev–Trinajstić information content (AvgIpc) is 2.48. The van der Waals surface area contributed by atoms with Gasteiger partial charge in [0.25, 0.3) is 0 Å². The minimum absolute atomic E-state index is 0.0610. The minimum atomic E-state index is -4.48. The van der Waals surface area contributed by atoms with Crippen molar-refractivity contribution in [3.8, 4) is 0 Å². The molecule has 6 heteroatoms. The second-order valence-electron chi connectivity index (χ2n) is 4.81. The molecule has 22 heavy (non-hydrogen) atoms. The Hall–Kier alpha value is -1.82. The number of rotatable bonds is 3. The van der Waals surface area contributed by atoms with E-state index in [0.717, 1.165) is 11.6 Å². The van der Waals surface area contributed by atoms with Gasteiger partial charge in [-0.3, -0.25) is 4.79 Å². The van der Waals surface area contributed by atoms with Crippen LogP contribution in [0.5, 0.6) is 0 Å². The highest BCUT2D eigenvalue weighted by molar-refractivity contribution is 9.10. The highest BCUT2D eigenvalue weighted by atomic mass is 79.9. The molecule has 0 aliphatic heterocycles. The number of halogens is 4. The fourth-order valence-corrected chi connectivity index (χ4v) is 2.44. The van der Waals surface area contributed by atoms with Crippen molar-refractivity contribution in [2.24, 2.45) is 0 Å². The van der Waals surface area contributed by atoms with E-state index in [4.69, 9.17) is 0 Å². The Morgan fingerprint density at radius 3 is 2.36 bits per heavy atom. The zero-order valence-corrected chi connectivity index (χ0v) is 13.2. The molecule has 1 amide bonds. The standard InChI is InChI=1S/C16H13BrF3NO/c1-10(11-5-3-2-4-6-11)15(22)21-12-7-8-14(17)13(9-12)16(18,19)20/h2-10H,1H3,(H,21,22)/t10-/m1/s1. The Kier molecular flexibility index (Phi) is 4.90. The molecule has 2 aromatic carbocycles. The molecule has 0 aromatic heterocycles. The molecule has 0 unspecified atom stereocenters. The third-order valence-corrected chi connectivity index (χ3v) is 3.92. The summed E-state index contributed by atoms with van der Waals surface area (Å²) in [6, 6.07) is 12.7. The van der Waals surface area contributed by atoms with Crippen LogP contribution in [0.2, 0.25) is 0 Å². The zero-order valence-electron chi connectivity index (χ0n) is 11.6. The first kappa shape index (κ1) is 16.5. The number of hydrogen-bond donors (Lipinski definition) is 1. The van der Waals surface area contributed by atoms with Crippen molar-refractivity contribution < 1.29 is 18.0 Å². The highest BCUT2D eigenvalue weighted by Crippen LogP contribution is 2.36. The number of benzene rings is 2. The Labute approximate surface area is 134 Å². The fraction of sp³-hybridized carbons (Fsp3) is 0.188. The third-order valence-electron chi connectivity index (χ3n) is 3.23. The van der Waals surface area contributed by atoms with Crippen LogP contribution in [0.3, 0.4) is 0 Å². The first-order valence-corrected chi connectivity index (χ1v) is 7.31. The van der Waals surface area contributed by atoms with E-state index < -0.39 is 17.7 Å². The highest BCUT2D eigenvalue weighted by Gasteiger charge is 2.33. The van der Waals surface area contributed by atoms with Crippen LogP contribution in [0.1, 0.15) is 24.0 Å². The molecule has 2 nitrogen and oxygen atoms in total. The van der Waals surface area contributed by atoms with E-state index >= 15 is 0 Å². The second kappa shape index (κ2) is 6.52. The smallest absolute Gasteiger partial charge is 0.326 e. The summed E-state index contributed by atoms with van der Waals surface area (Å²) in [5, 5.41) is 2.52. The average molecular weight is 372 g/mol. The van der Waals surface area contributed by atoms with Crippen molar-refractivity contribution in [3.05, 3.63) is 64.1 Å². The van der Waals surface area contributed by atoms with E-state index in [1.54, 1.807) is 31.2 Å². The summed E-state index contributed by atoms with van der Waals surface area (Å²) in [6.45, 7) is 1.70.